The molecule has 0 saturated carbocycles. The van der Waals surface area contributed by atoms with Gasteiger partial charge in [-0.1, -0.05) is 6.92 Å². The van der Waals surface area contributed by atoms with Crippen molar-refractivity contribution in [1.82, 2.24) is 9.80 Å². The monoisotopic (exact) mass is 714 g/mol. The van der Waals surface area contributed by atoms with E-state index in [-0.39, 0.29) is 59.6 Å². The van der Waals surface area contributed by atoms with Gasteiger partial charge in [-0.3, -0.25) is 9.52 Å². The molecule has 4 atom stereocenters. The molecule has 3 aromatic carbocycles. The van der Waals surface area contributed by atoms with Crippen LogP contribution in [0.2, 0.25) is 0 Å². The highest BCUT2D eigenvalue weighted by Gasteiger charge is 2.31. The number of amides is 3. The van der Waals surface area contributed by atoms with Crippen LogP contribution in [0.1, 0.15) is 50.4 Å². The third-order valence-corrected chi connectivity index (χ3v) is 9.97. The highest BCUT2D eigenvalue weighted by molar-refractivity contribution is 7.92. The van der Waals surface area contributed by atoms with E-state index in [1.165, 1.54) is 21.9 Å². The Hall–Kier alpha value is -4.40. The van der Waals surface area contributed by atoms with Crippen LogP contribution in [0.25, 0.3) is 0 Å². The molecule has 0 fully saturated rings. The van der Waals surface area contributed by atoms with Crippen LogP contribution in [-0.4, -0.2) is 94.0 Å². The first-order chi connectivity index (χ1) is 23.8. The summed E-state index contributed by atoms with van der Waals surface area (Å²) in [6.07, 6.45) is 1.44. The normalized spacial score (nSPS) is 19.7. The van der Waals surface area contributed by atoms with Gasteiger partial charge in [0.15, 0.2) is 0 Å². The van der Waals surface area contributed by atoms with Crippen molar-refractivity contribution in [3.63, 3.8) is 0 Å². The number of ether oxygens (including phenoxy) is 3. The van der Waals surface area contributed by atoms with E-state index in [1.807, 2.05) is 13.8 Å². The minimum absolute atomic E-state index is 0.106. The van der Waals surface area contributed by atoms with E-state index in [4.69, 9.17) is 14.2 Å². The van der Waals surface area contributed by atoms with E-state index >= 15 is 0 Å². The number of nitrogens with one attached hydrogen (secondary N) is 2. The number of aliphatic hydroxyl groups is 1. The van der Waals surface area contributed by atoms with Crippen molar-refractivity contribution in [2.24, 2.45) is 5.92 Å². The number of carbonyl (C=O) groups excluding carboxylic acids is 2. The second-order valence-corrected chi connectivity index (χ2v) is 14.3. The topological polar surface area (TPSA) is 147 Å². The van der Waals surface area contributed by atoms with E-state index in [2.05, 4.69) is 10.0 Å². The summed E-state index contributed by atoms with van der Waals surface area (Å²) < 4.78 is 59.9. The number of hydrogen-bond donors (Lipinski definition) is 3. The molecule has 3 aromatic rings. The Balaban J connectivity index is 1.61. The fourth-order valence-corrected chi connectivity index (χ4v) is 6.57. The number of nitrogens with zero attached hydrogens (tertiary/aromatic N) is 2. The highest BCUT2D eigenvalue weighted by atomic mass is 32.2. The Morgan fingerprint density at radius 1 is 1.08 bits per heavy atom. The maximum atomic E-state index is 14.4. The molecule has 0 unspecified atom stereocenters. The lowest BCUT2D eigenvalue weighted by Gasteiger charge is -2.35. The van der Waals surface area contributed by atoms with Gasteiger partial charge in [0.2, 0.25) is 0 Å². The fourth-order valence-electron chi connectivity index (χ4n) is 5.52. The first kappa shape index (κ1) is 38.4. The largest absolute Gasteiger partial charge is 0.497 e. The summed E-state index contributed by atoms with van der Waals surface area (Å²) >= 11 is 0. The Kier molecular flexibility index (Phi) is 13.4. The first-order valence-corrected chi connectivity index (χ1v) is 18.1. The number of likely N-dealkylation sites (N-methyl/N-ethyl adjacent to an activating group) is 1. The first-order valence-electron chi connectivity index (χ1n) is 16.6. The fraction of sp³-hybridized carbons (Fsp3) is 0.444. The van der Waals surface area contributed by atoms with Crippen molar-refractivity contribution in [3.05, 3.63) is 78.1 Å². The number of fused-ring (bicyclic) bond motifs is 1. The predicted octanol–water partition coefficient (Wildman–Crippen LogP) is 5.59. The third kappa shape index (κ3) is 10.3. The summed E-state index contributed by atoms with van der Waals surface area (Å²) in [5.74, 6) is -0.411. The molecular weight excluding hydrogens is 667 g/mol. The standard InChI is InChI=1S/C36H47FN4O8S/c1-24-21-41(25(2)23-42)35(43)32-20-29(39-50(45,46)31-16-9-27(37)10-17-31)13-18-33(32)49-26(3)8-6-7-19-48-34(24)22-40(4)36(44)38-28-11-14-30(47-5)15-12-28/h9-18,20,24-26,34,39,42H,6-8,19,21-23H2,1-5H3,(H,38,44)/t24-,25+,26+,34-/m0/s1. The van der Waals surface area contributed by atoms with Crippen molar-refractivity contribution in [2.45, 2.75) is 63.2 Å². The van der Waals surface area contributed by atoms with Gasteiger partial charge in [0, 0.05) is 44.0 Å². The molecule has 0 aromatic heterocycles. The summed E-state index contributed by atoms with van der Waals surface area (Å²) in [5.41, 5.74) is 0.814. The van der Waals surface area contributed by atoms with Gasteiger partial charge in [0.05, 0.1) is 42.4 Å². The Morgan fingerprint density at radius 3 is 2.42 bits per heavy atom. The van der Waals surface area contributed by atoms with Gasteiger partial charge in [-0.15, -0.1) is 0 Å². The van der Waals surface area contributed by atoms with Crippen LogP contribution in [0, 0.1) is 11.7 Å². The maximum absolute atomic E-state index is 14.4. The SMILES string of the molecule is COc1ccc(NC(=O)N(C)C[C@@H]2OCCCC[C@@H](C)Oc3ccc(NS(=O)(=O)c4ccc(F)cc4)cc3C(=O)N([C@H](C)CO)C[C@@H]2C)cc1. The molecule has 12 nitrogen and oxygen atoms in total. The van der Waals surface area contributed by atoms with Crippen LogP contribution in [0.4, 0.5) is 20.6 Å². The van der Waals surface area contributed by atoms with E-state index < -0.39 is 33.9 Å². The molecule has 50 heavy (non-hydrogen) atoms. The molecule has 1 aliphatic rings. The number of methoxy groups -OCH3 is 1. The molecule has 3 N–H and O–H groups in total. The second-order valence-electron chi connectivity index (χ2n) is 12.6. The highest BCUT2D eigenvalue weighted by Crippen LogP contribution is 2.30. The Bertz CT molecular complexity index is 1690. The lowest BCUT2D eigenvalue weighted by molar-refractivity contribution is -0.0115. The minimum Gasteiger partial charge on any atom is -0.497 e. The molecule has 0 aliphatic carbocycles. The summed E-state index contributed by atoms with van der Waals surface area (Å²) in [6.45, 7) is 6.00. The molecule has 3 amide bonds. The van der Waals surface area contributed by atoms with Gasteiger partial charge in [0.1, 0.15) is 17.3 Å². The third-order valence-electron chi connectivity index (χ3n) is 8.57. The van der Waals surface area contributed by atoms with Crippen LogP contribution in [0.5, 0.6) is 11.5 Å². The molecule has 14 heteroatoms. The molecule has 0 saturated heterocycles. The molecule has 1 aliphatic heterocycles. The lowest BCUT2D eigenvalue weighted by atomic mass is 10.0. The number of urea groups is 1. The zero-order valence-electron chi connectivity index (χ0n) is 29.1. The quantitative estimate of drug-likeness (QED) is 0.260. The Labute approximate surface area is 293 Å². The van der Waals surface area contributed by atoms with Gasteiger partial charge in [-0.05, 0) is 99.8 Å². The second kappa shape index (κ2) is 17.5. The van der Waals surface area contributed by atoms with Crippen LogP contribution in [0.3, 0.4) is 0 Å². The van der Waals surface area contributed by atoms with Crippen molar-refractivity contribution in [1.29, 1.82) is 0 Å². The smallest absolute Gasteiger partial charge is 0.321 e. The average Bonchev–Trinajstić information content (AvgIpc) is 3.09. The zero-order valence-corrected chi connectivity index (χ0v) is 29.9. The molecular formula is C36H47FN4O8S. The molecule has 1 heterocycles. The number of sulfonamides is 1. The Morgan fingerprint density at radius 2 is 1.76 bits per heavy atom. The van der Waals surface area contributed by atoms with Gasteiger partial charge < -0.3 is 34.4 Å². The van der Waals surface area contributed by atoms with Crippen molar-refractivity contribution >= 4 is 33.3 Å². The van der Waals surface area contributed by atoms with Crippen molar-refractivity contribution in [2.75, 3.05) is 50.5 Å². The molecule has 0 spiro atoms. The van der Waals surface area contributed by atoms with Gasteiger partial charge in [-0.25, -0.2) is 17.6 Å². The van der Waals surface area contributed by atoms with Gasteiger partial charge in [-0.2, -0.15) is 0 Å². The average molecular weight is 715 g/mol. The number of aliphatic hydroxyl groups excluding tert-OH is 1. The molecule has 272 valence electrons. The van der Waals surface area contributed by atoms with E-state index in [9.17, 15) is 27.5 Å². The van der Waals surface area contributed by atoms with E-state index in [0.29, 0.717) is 24.5 Å². The molecule has 4 rings (SSSR count). The maximum Gasteiger partial charge on any atom is 0.321 e. The summed E-state index contributed by atoms with van der Waals surface area (Å²) in [5, 5.41) is 13.1. The number of hydrogen-bond acceptors (Lipinski definition) is 8. The van der Waals surface area contributed by atoms with E-state index in [0.717, 1.165) is 37.1 Å². The number of benzene rings is 3. The zero-order chi connectivity index (χ0) is 36.4. The minimum atomic E-state index is -4.11. The van der Waals surface area contributed by atoms with Gasteiger partial charge >= 0.3 is 6.03 Å². The number of carbonyl (C=O) groups is 2. The summed E-state index contributed by atoms with van der Waals surface area (Å²) in [7, 11) is -0.872. The molecule has 0 radical (unpaired) electrons. The summed E-state index contributed by atoms with van der Waals surface area (Å²) in [4.78, 5) is 30.4. The lowest BCUT2D eigenvalue weighted by Crippen LogP contribution is -2.48. The van der Waals surface area contributed by atoms with Crippen LogP contribution in [0.15, 0.2) is 71.6 Å². The van der Waals surface area contributed by atoms with Crippen LogP contribution in [-0.2, 0) is 14.8 Å². The van der Waals surface area contributed by atoms with Gasteiger partial charge in [0.25, 0.3) is 15.9 Å². The summed E-state index contributed by atoms with van der Waals surface area (Å²) in [6, 6.07) is 14.9. The van der Waals surface area contributed by atoms with E-state index in [1.54, 1.807) is 51.4 Å². The number of rotatable bonds is 9. The van der Waals surface area contributed by atoms with Crippen molar-refractivity contribution in [3.8, 4) is 11.5 Å². The van der Waals surface area contributed by atoms with Crippen molar-refractivity contribution < 1.29 is 41.7 Å². The van der Waals surface area contributed by atoms with Crippen LogP contribution < -0.4 is 19.5 Å². The molecule has 0 bridgehead atoms. The predicted molar refractivity (Wildman–Crippen MR) is 189 cm³/mol. The number of halogens is 1. The van der Waals surface area contributed by atoms with Crippen LogP contribution >= 0.6 is 0 Å². The number of anilines is 2.